The number of fused-ring (bicyclic) bond motifs is 5. The first kappa shape index (κ1) is 14.4. The topological polar surface area (TPSA) is 56.0 Å². The van der Waals surface area contributed by atoms with Gasteiger partial charge in [-0.25, -0.2) is 4.98 Å². The highest BCUT2D eigenvalue weighted by Crippen LogP contribution is 2.38. The van der Waals surface area contributed by atoms with E-state index in [1.54, 1.807) is 16.3 Å². The van der Waals surface area contributed by atoms with Crippen molar-refractivity contribution in [3.05, 3.63) is 46.3 Å². The fraction of sp³-hybridized carbons (Fsp3) is 0.294. The molecule has 4 aromatic rings. The van der Waals surface area contributed by atoms with Gasteiger partial charge < -0.3 is 0 Å². The Morgan fingerprint density at radius 1 is 1.12 bits per heavy atom. The Labute approximate surface area is 147 Å². The molecule has 0 saturated heterocycles. The minimum absolute atomic E-state index is 0.856. The smallest absolute Gasteiger partial charge is 0.194 e. The van der Waals surface area contributed by atoms with Gasteiger partial charge in [-0.2, -0.15) is 4.52 Å². The number of aromatic nitrogens is 5. The van der Waals surface area contributed by atoms with Crippen LogP contribution in [0.25, 0.3) is 15.9 Å². The fourth-order valence-electron chi connectivity index (χ4n) is 3.28. The molecule has 5 nitrogen and oxygen atoms in total. The molecule has 0 aliphatic heterocycles. The Morgan fingerprint density at radius 2 is 2.00 bits per heavy atom. The maximum absolute atomic E-state index is 4.90. The minimum Gasteiger partial charge on any atom is -0.211 e. The van der Waals surface area contributed by atoms with Crippen molar-refractivity contribution in [3.8, 4) is 0 Å². The molecule has 24 heavy (non-hydrogen) atoms. The fourth-order valence-corrected chi connectivity index (χ4v) is 5.49. The van der Waals surface area contributed by atoms with Crippen LogP contribution in [-0.4, -0.2) is 25.0 Å². The van der Waals surface area contributed by atoms with E-state index in [9.17, 15) is 0 Å². The molecule has 0 bridgehead atoms. The standard InChI is InChI=1S/C17H15N5S2/c1-2-6-11(7-3-1)10-23-17-18-16-14(15-19-20-21-22(15)17)12-8-4-5-9-13(12)24-16/h1-3,6-7H,4-5,8-10H2. The van der Waals surface area contributed by atoms with Crippen molar-refractivity contribution in [3.63, 3.8) is 0 Å². The lowest BCUT2D eigenvalue weighted by atomic mass is 9.97. The largest absolute Gasteiger partial charge is 0.211 e. The lowest BCUT2D eigenvalue weighted by molar-refractivity contribution is 0.700. The predicted molar refractivity (Wildman–Crippen MR) is 96.6 cm³/mol. The van der Waals surface area contributed by atoms with Crippen LogP contribution in [-0.2, 0) is 18.6 Å². The highest BCUT2D eigenvalue weighted by molar-refractivity contribution is 7.98. The Morgan fingerprint density at radius 3 is 2.92 bits per heavy atom. The molecule has 1 aromatic carbocycles. The molecule has 0 unspecified atom stereocenters. The molecule has 1 aliphatic rings. The third kappa shape index (κ3) is 2.31. The van der Waals surface area contributed by atoms with Crippen LogP contribution in [0.1, 0.15) is 28.8 Å². The highest BCUT2D eigenvalue weighted by atomic mass is 32.2. The third-order valence-corrected chi connectivity index (χ3v) is 6.62. The number of tetrazole rings is 1. The number of nitrogens with zero attached hydrogens (tertiary/aromatic N) is 5. The van der Waals surface area contributed by atoms with E-state index < -0.39 is 0 Å². The predicted octanol–water partition coefficient (Wildman–Crippen LogP) is 3.91. The zero-order valence-corrected chi connectivity index (χ0v) is 14.6. The minimum atomic E-state index is 0.856. The zero-order valence-electron chi connectivity index (χ0n) is 13.0. The third-order valence-electron chi connectivity index (χ3n) is 4.43. The molecule has 0 fully saturated rings. The van der Waals surface area contributed by atoms with Gasteiger partial charge in [0, 0.05) is 10.6 Å². The normalized spacial score (nSPS) is 14.3. The monoisotopic (exact) mass is 353 g/mol. The summed E-state index contributed by atoms with van der Waals surface area (Å²) in [5.74, 6) is 0.861. The van der Waals surface area contributed by atoms with Crippen LogP contribution in [0.5, 0.6) is 0 Å². The molecule has 0 spiro atoms. The van der Waals surface area contributed by atoms with Crippen LogP contribution < -0.4 is 0 Å². The van der Waals surface area contributed by atoms with E-state index in [4.69, 9.17) is 4.98 Å². The summed E-state index contributed by atoms with van der Waals surface area (Å²) in [7, 11) is 0. The van der Waals surface area contributed by atoms with Gasteiger partial charge in [-0.15, -0.1) is 16.4 Å². The molecule has 5 rings (SSSR count). The van der Waals surface area contributed by atoms with Gasteiger partial charge in [0.1, 0.15) is 4.83 Å². The van der Waals surface area contributed by atoms with Gasteiger partial charge in [-0.1, -0.05) is 42.1 Å². The molecular formula is C17H15N5S2. The molecule has 120 valence electrons. The average Bonchev–Trinajstić information content (AvgIpc) is 3.24. The number of hydrogen-bond donors (Lipinski definition) is 0. The van der Waals surface area contributed by atoms with Gasteiger partial charge in [0.2, 0.25) is 0 Å². The van der Waals surface area contributed by atoms with Crippen molar-refractivity contribution in [2.45, 2.75) is 36.6 Å². The molecule has 3 heterocycles. The lowest BCUT2D eigenvalue weighted by Gasteiger charge is -2.10. The van der Waals surface area contributed by atoms with Gasteiger partial charge >= 0.3 is 0 Å². The van der Waals surface area contributed by atoms with Crippen molar-refractivity contribution in [2.24, 2.45) is 0 Å². The number of thioether (sulfide) groups is 1. The summed E-state index contributed by atoms with van der Waals surface area (Å²) in [6, 6.07) is 10.4. The van der Waals surface area contributed by atoms with Crippen molar-refractivity contribution >= 4 is 39.0 Å². The summed E-state index contributed by atoms with van der Waals surface area (Å²) in [6.45, 7) is 0. The van der Waals surface area contributed by atoms with E-state index >= 15 is 0 Å². The molecule has 0 atom stereocenters. The average molecular weight is 353 g/mol. The lowest BCUT2D eigenvalue weighted by Crippen LogP contribution is -2.01. The maximum atomic E-state index is 4.90. The Hall–Kier alpha value is -1.99. The number of thiophene rings is 1. The van der Waals surface area contributed by atoms with E-state index in [0.717, 1.165) is 34.2 Å². The van der Waals surface area contributed by atoms with Crippen LogP contribution in [0.2, 0.25) is 0 Å². The summed E-state index contributed by atoms with van der Waals surface area (Å²) >= 11 is 3.50. The molecule has 0 saturated carbocycles. The first-order valence-electron chi connectivity index (χ1n) is 8.09. The van der Waals surface area contributed by atoms with Gasteiger partial charge in [0.05, 0.1) is 5.39 Å². The molecule has 0 N–H and O–H groups in total. The van der Waals surface area contributed by atoms with Crippen molar-refractivity contribution in [2.75, 3.05) is 0 Å². The van der Waals surface area contributed by atoms with Crippen molar-refractivity contribution in [1.82, 2.24) is 25.0 Å². The van der Waals surface area contributed by atoms with Gasteiger partial charge in [0.15, 0.2) is 10.8 Å². The SMILES string of the molecule is c1ccc(CSc2nc3sc4c(c3c3nnnn23)CCCC4)cc1. The van der Waals surface area contributed by atoms with Gasteiger partial charge in [-0.3, -0.25) is 0 Å². The molecule has 7 heteroatoms. The number of hydrogen-bond acceptors (Lipinski definition) is 6. The van der Waals surface area contributed by atoms with E-state index in [1.165, 1.54) is 34.2 Å². The van der Waals surface area contributed by atoms with Crippen molar-refractivity contribution < 1.29 is 0 Å². The molecule has 3 aromatic heterocycles. The van der Waals surface area contributed by atoms with Crippen LogP contribution >= 0.6 is 23.1 Å². The summed E-state index contributed by atoms with van der Waals surface area (Å²) in [6.07, 6.45) is 4.81. The van der Waals surface area contributed by atoms with E-state index in [2.05, 4.69) is 39.8 Å². The molecular weight excluding hydrogens is 338 g/mol. The Kier molecular flexibility index (Phi) is 3.48. The summed E-state index contributed by atoms with van der Waals surface area (Å²) < 4.78 is 1.80. The second kappa shape index (κ2) is 5.82. The van der Waals surface area contributed by atoms with Gasteiger partial charge in [0.25, 0.3) is 0 Å². The van der Waals surface area contributed by atoms with Crippen molar-refractivity contribution in [1.29, 1.82) is 0 Å². The van der Waals surface area contributed by atoms with E-state index in [-0.39, 0.29) is 0 Å². The number of rotatable bonds is 3. The van der Waals surface area contributed by atoms with Crippen LogP contribution in [0.15, 0.2) is 35.5 Å². The van der Waals surface area contributed by atoms with Crippen LogP contribution in [0, 0.1) is 0 Å². The zero-order chi connectivity index (χ0) is 15.9. The Bertz CT molecular complexity index is 1020. The highest BCUT2D eigenvalue weighted by Gasteiger charge is 2.22. The number of aryl methyl sites for hydroxylation is 2. The molecule has 1 aliphatic carbocycles. The maximum Gasteiger partial charge on any atom is 0.194 e. The second-order valence-corrected chi connectivity index (χ2v) is 8.00. The summed E-state index contributed by atoms with van der Waals surface area (Å²) in [4.78, 5) is 7.45. The first-order valence-corrected chi connectivity index (χ1v) is 9.89. The quantitative estimate of drug-likeness (QED) is 0.413. The Balaban J connectivity index is 1.62. The van der Waals surface area contributed by atoms with E-state index in [1.807, 2.05) is 17.4 Å². The summed E-state index contributed by atoms with van der Waals surface area (Å²) in [5, 5.41) is 14.4. The second-order valence-electron chi connectivity index (χ2n) is 5.97. The van der Waals surface area contributed by atoms with Crippen LogP contribution in [0.3, 0.4) is 0 Å². The van der Waals surface area contributed by atoms with E-state index in [0.29, 0.717) is 0 Å². The molecule has 0 amide bonds. The first-order chi connectivity index (χ1) is 11.9. The molecule has 0 radical (unpaired) electrons. The van der Waals surface area contributed by atoms with Gasteiger partial charge in [-0.05, 0) is 47.2 Å². The number of benzene rings is 1. The van der Waals surface area contributed by atoms with Crippen LogP contribution in [0.4, 0.5) is 0 Å². The summed E-state index contributed by atoms with van der Waals surface area (Å²) in [5.41, 5.74) is 3.55.